The number of benzene rings is 1. The van der Waals surface area contributed by atoms with E-state index < -0.39 is 0 Å². The second-order valence-electron chi connectivity index (χ2n) is 5.06. The van der Waals surface area contributed by atoms with Crippen molar-refractivity contribution >= 4 is 5.69 Å². The molecule has 0 spiro atoms. The molecule has 1 aromatic heterocycles. The lowest BCUT2D eigenvalue weighted by Crippen LogP contribution is -2.12. The fraction of sp³-hybridized carbons (Fsp3) is 0.222. The van der Waals surface area contributed by atoms with Gasteiger partial charge in [0.25, 0.3) is 0 Å². The molecule has 3 rings (SSSR count). The third-order valence-corrected chi connectivity index (χ3v) is 3.77. The van der Waals surface area contributed by atoms with Crippen LogP contribution in [-0.2, 0) is 0 Å². The third kappa shape index (κ3) is 2.71. The molecule has 0 bridgehead atoms. The van der Waals surface area contributed by atoms with Crippen LogP contribution in [0.4, 0.5) is 5.69 Å². The van der Waals surface area contributed by atoms with Crippen molar-refractivity contribution in [2.24, 2.45) is 0 Å². The minimum Gasteiger partial charge on any atom is -0.496 e. The molecule has 1 aliphatic heterocycles. The lowest BCUT2D eigenvalue weighted by Gasteiger charge is -2.25. The predicted octanol–water partition coefficient (Wildman–Crippen LogP) is 3.43. The summed E-state index contributed by atoms with van der Waals surface area (Å²) in [5.41, 5.74) is 3.47. The molecular weight excluding hydrogens is 290 g/mol. The Morgan fingerprint density at radius 3 is 2.96 bits per heavy atom. The molecular formula is C18H17N3O2. The quantitative estimate of drug-likeness (QED) is 0.937. The van der Waals surface area contributed by atoms with Crippen LogP contribution < -0.4 is 14.8 Å². The van der Waals surface area contributed by atoms with Crippen molar-refractivity contribution < 1.29 is 9.47 Å². The molecule has 0 amide bonds. The summed E-state index contributed by atoms with van der Waals surface area (Å²) in [5, 5.41) is 12.3. The van der Waals surface area contributed by atoms with Crippen molar-refractivity contribution in [1.82, 2.24) is 4.98 Å². The van der Waals surface area contributed by atoms with Gasteiger partial charge in [-0.05, 0) is 31.3 Å². The molecule has 0 radical (unpaired) electrons. The number of ether oxygens (including phenoxy) is 2. The van der Waals surface area contributed by atoms with Crippen molar-refractivity contribution in [3.63, 3.8) is 0 Å². The molecule has 0 saturated heterocycles. The summed E-state index contributed by atoms with van der Waals surface area (Å²) in [4.78, 5) is 4.36. The fourth-order valence-electron chi connectivity index (χ4n) is 2.76. The standard InChI is InChI=1S/C18H17N3O2/c1-3-23-18-17-14(6-8-20-15(17)7-9-21-18)13-5-4-12(11-19)10-16(13)22-2/h4-10,14,20H,3H2,1-2H3/t14-/m0/s1. The smallest absolute Gasteiger partial charge is 0.219 e. The molecule has 23 heavy (non-hydrogen) atoms. The van der Waals surface area contributed by atoms with Gasteiger partial charge in [0, 0.05) is 28.9 Å². The first-order valence-electron chi connectivity index (χ1n) is 7.41. The van der Waals surface area contributed by atoms with Crippen molar-refractivity contribution in [3.05, 3.63) is 59.4 Å². The van der Waals surface area contributed by atoms with E-state index in [1.54, 1.807) is 25.4 Å². The van der Waals surface area contributed by atoms with Gasteiger partial charge < -0.3 is 14.8 Å². The highest BCUT2D eigenvalue weighted by molar-refractivity contribution is 5.65. The van der Waals surface area contributed by atoms with Crippen LogP contribution >= 0.6 is 0 Å². The third-order valence-electron chi connectivity index (χ3n) is 3.77. The van der Waals surface area contributed by atoms with Crippen molar-refractivity contribution in [1.29, 1.82) is 5.26 Å². The maximum Gasteiger partial charge on any atom is 0.219 e. The number of aromatic nitrogens is 1. The summed E-state index contributed by atoms with van der Waals surface area (Å²) in [6.07, 6.45) is 5.67. The zero-order valence-corrected chi connectivity index (χ0v) is 13.0. The Bertz CT molecular complexity index is 793. The van der Waals surface area contributed by atoms with Gasteiger partial charge in [0.05, 0.1) is 25.3 Å². The van der Waals surface area contributed by atoms with Crippen molar-refractivity contribution in [2.45, 2.75) is 12.8 Å². The number of anilines is 1. The first-order valence-corrected chi connectivity index (χ1v) is 7.41. The Morgan fingerprint density at radius 2 is 2.22 bits per heavy atom. The number of nitrogens with one attached hydrogen (secondary N) is 1. The number of methoxy groups -OCH3 is 1. The number of pyridine rings is 1. The number of allylic oxidation sites excluding steroid dienone is 1. The van der Waals surface area contributed by atoms with Gasteiger partial charge >= 0.3 is 0 Å². The van der Waals surface area contributed by atoms with Crippen LogP contribution in [0.5, 0.6) is 11.6 Å². The number of hydrogen-bond acceptors (Lipinski definition) is 5. The van der Waals surface area contributed by atoms with Gasteiger partial charge in [-0.3, -0.25) is 0 Å². The number of fused-ring (bicyclic) bond motifs is 1. The largest absolute Gasteiger partial charge is 0.496 e. The Kier molecular flexibility index (Phi) is 4.15. The van der Waals surface area contributed by atoms with Gasteiger partial charge in [0.2, 0.25) is 5.88 Å². The Hall–Kier alpha value is -3.00. The van der Waals surface area contributed by atoms with E-state index in [4.69, 9.17) is 14.7 Å². The summed E-state index contributed by atoms with van der Waals surface area (Å²) in [6.45, 7) is 2.48. The van der Waals surface area contributed by atoms with E-state index in [-0.39, 0.29) is 5.92 Å². The summed E-state index contributed by atoms with van der Waals surface area (Å²) in [6, 6.07) is 9.52. The van der Waals surface area contributed by atoms with Gasteiger partial charge in [-0.25, -0.2) is 4.98 Å². The zero-order chi connectivity index (χ0) is 16.2. The molecule has 0 unspecified atom stereocenters. The number of hydrogen-bond donors (Lipinski definition) is 1. The lowest BCUT2D eigenvalue weighted by atomic mass is 9.88. The average Bonchev–Trinajstić information content (AvgIpc) is 2.61. The molecule has 0 aliphatic carbocycles. The molecule has 1 atom stereocenters. The molecule has 5 nitrogen and oxygen atoms in total. The van der Waals surface area contributed by atoms with Gasteiger partial charge in [0.1, 0.15) is 5.75 Å². The predicted molar refractivity (Wildman–Crippen MR) is 87.7 cm³/mol. The molecule has 5 heteroatoms. The maximum atomic E-state index is 9.07. The van der Waals surface area contributed by atoms with Crippen LogP contribution in [0.1, 0.15) is 29.5 Å². The van der Waals surface area contributed by atoms with Gasteiger partial charge in [-0.2, -0.15) is 5.26 Å². The summed E-state index contributed by atoms with van der Waals surface area (Å²) >= 11 is 0. The minimum atomic E-state index is -0.0517. The monoisotopic (exact) mass is 307 g/mol. The fourth-order valence-corrected chi connectivity index (χ4v) is 2.76. The van der Waals surface area contributed by atoms with Crippen molar-refractivity contribution in [3.8, 4) is 17.7 Å². The highest BCUT2D eigenvalue weighted by atomic mass is 16.5. The molecule has 1 N–H and O–H groups in total. The Morgan fingerprint density at radius 1 is 1.35 bits per heavy atom. The summed E-state index contributed by atoms with van der Waals surface area (Å²) < 4.78 is 11.2. The maximum absolute atomic E-state index is 9.07. The topological polar surface area (TPSA) is 67.2 Å². The van der Waals surface area contributed by atoms with E-state index in [0.29, 0.717) is 23.8 Å². The first-order chi connectivity index (χ1) is 11.3. The van der Waals surface area contributed by atoms with Crippen LogP contribution in [0.25, 0.3) is 0 Å². The molecule has 116 valence electrons. The summed E-state index contributed by atoms with van der Waals surface area (Å²) in [5.74, 6) is 1.24. The van der Waals surface area contributed by atoms with Gasteiger partial charge in [0.15, 0.2) is 0 Å². The Labute approximate surface area is 135 Å². The summed E-state index contributed by atoms with van der Waals surface area (Å²) in [7, 11) is 1.61. The molecule has 0 saturated carbocycles. The van der Waals surface area contributed by atoms with Crippen LogP contribution in [0.2, 0.25) is 0 Å². The second kappa shape index (κ2) is 6.41. The van der Waals surface area contributed by atoms with E-state index in [1.165, 1.54) is 0 Å². The minimum absolute atomic E-state index is 0.0517. The first kappa shape index (κ1) is 14.9. The molecule has 2 heterocycles. The molecule has 1 aromatic carbocycles. The molecule has 1 aliphatic rings. The van der Waals surface area contributed by atoms with Gasteiger partial charge in [-0.15, -0.1) is 0 Å². The van der Waals surface area contributed by atoms with E-state index >= 15 is 0 Å². The zero-order valence-electron chi connectivity index (χ0n) is 13.0. The average molecular weight is 307 g/mol. The normalized spacial score (nSPS) is 15.3. The van der Waals surface area contributed by atoms with Gasteiger partial charge in [-0.1, -0.05) is 12.1 Å². The Balaban J connectivity index is 2.14. The number of rotatable bonds is 4. The van der Waals surface area contributed by atoms with E-state index in [9.17, 15) is 0 Å². The van der Waals surface area contributed by atoms with Crippen LogP contribution in [0, 0.1) is 11.3 Å². The molecule has 0 fully saturated rings. The number of nitrogens with zero attached hydrogens (tertiary/aromatic N) is 2. The van der Waals surface area contributed by atoms with Crippen LogP contribution in [-0.4, -0.2) is 18.7 Å². The van der Waals surface area contributed by atoms with Crippen LogP contribution in [0.15, 0.2) is 42.7 Å². The highest BCUT2D eigenvalue weighted by Gasteiger charge is 2.26. The lowest BCUT2D eigenvalue weighted by molar-refractivity contribution is 0.322. The molecule has 2 aromatic rings. The van der Waals surface area contributed by atoms with Crippen molar-refractivity contribution in [2.75, 3.05) is 19.0 Å². The van der Waals surface area contributed by atoms with E-state index in [0.717, 1.165) is 16.8 Å². The van der Waals surface area contributed by atoms with E-state index in [2.05, 4.69) is 16.4 Å². The van der Waals surface area contributed by atoms with Crippen LogP contribution in [0.3, 0.4) is 0 Å². The highest BCUT2D eigenvalue weighted by Crippen LogP contribution is 2.42. The number of nitriles is 1. The van der Waals surface area contributed by atoms with E-state index in [1.807, 2.05) is 31.3 Å². The SMILES string of the molecule is CCOc1nccc2c1[C@H](c1ccc(C#N)cc1OC)C=CN2. The second-order valence-corrected chi connectivity index (χ2v) is 5.06.